The van der Waals surface area contributed by atoms with E-state index >= 15 is 0 Å². The number of benzene rings is 2. The van der Waals surface area contributed by atoms with Gasteiger partial charge in [0.2, 0.25) is 0 Å². The Balaban J connectivity index is 1.91. The number of nitrogens with zero attached hydrogens (tertiary/aromatic N) is 1. The molecule has 1 aliphatic rings. The van der Waals surface area contributed by atoms with Crippen molar-refractivity contribution in [2.45, 2.75) is 32.4 Å². The number of nitrogens with one attached hydrogen (secondary N) is 1. The first-order valence-corrected chi connectivity index (χ1v) is 8.66. The van der Waals surface area contributed by atoms with Gasteiger partial charge in [0.1, 0.15) is 11.4 Å². The molecular weight excluding hydrogens is 316 g/mol. The molecule has 0 spiro atoms. The van der Waals surface area contributed by atoms with Gasteiger partial charge in [0.15, 0.2) is 0 Å². The van der Waals surface area contributed by atoms with E-state index in [0.717, 1.165) is 28.6 Å². The van der Waals surface area contributed by atoms with E-state index in [1.54, 1.807) is 12.0 Å². The Morgan fingerprint density at radius 3 is 2.68 bits per heavy atom. The zero-order valence-corrected chi connectivity index (χ0v) is 15.3. The van der Waals surface area contributed by atoms with Gasteiger partial charge in [-0.3, -0.25) is 0 Å². The SMILES string of the molecule is COc1ccc2ccccc2c1C1CN(C(=O)OC(C)(C)C)CCN1. The van der Waals surface area contributed by atoms with Crippen molar-refractivity contribution >= 4 is 16.9 Å². The largest absolute Gasteiger partial charge is 0.496 e. The topological polar surface area (TPSA) is 50.8 Å². The monoisotopic (exact) mass is 342 g/mol. The number of carbonyl (C=O) groups is 1. The Morgan fingerprint density at radius 1 is 1.20 bits per heavy atom. The number of piperazine rings is 1. The molecule has 5 nitrogen and oxygen atoms in total. The summed E-state index contributed by atoms with van der Waals surface area (Å²) < 4.78 is 11.1. The summed E-state index contributed by atoms with van der Waals surface area (Å²) in [7, 11) is 1.68. The van der Waals surface area contributed by atoms with Gasteiger partial charge in [0.05, 0.1) is 13.2 Å². The number of rotatable bonds is 2. The molecule has 1 amide bonds. The molecule has 0 radical (unpaired) electrons. The highest BCUT2D eigenvalue weighted by molar-refractivity contribution is 5.88. The number of carbonyl (C=O) groups excluding carboxylic acids is 1. The van der Waals surface area contributed by atoms with Gasteiger partial charge in [0.25, 0.3) is 0 Å². The molecule has 0 aromatic heterocycles. The second kappa shape index (κ2) is 6.92. The molecule has 5 heteroatoms. The van der Waals surface area contributed by atoms with Crippen LogP contribution in [0.4, 0.5) is 4.79 Å². The number of methoxy groups -OCH3 is 1. The van der Waals surface area contributed by atoms with Crippen LogP contribution in [0, 0.1) is 0 Å². The second-order valence-corrected chi connectivity index (χ2v) is 7.34. The zero-order chi connectivity index (χ0) is 18.0. The first-order valence-electron chi connectivity index (χ1n) is 8.66. The molecule has 134 valence electrons. The standard InChI is InChI=1S/C20H26N2O3/c1-20(2,3)25-19(23)22-12-11-21-16(13-22)18-15-8-6-5-7-14(15)9-10-17(18)24-4/h5-10,16,21H,11-13H2,1-4H3. The third-order valence-corrected chi connectivity index (χ3v) is 4.33. The van der Waals surface area contributed by atoms with Crippen LogP contribution >= 0.6 is 0 Å². The van der Waals surface area contributed by atoms with Gasteiger partial charge in [0, 0.05) is 25.2 Å². The van der Waals surface area contributed by atoms with Gasteiger partial charge < -0.3 is 19.7 Å². The van der Waals surface area contributed by atoms with Crippen molar-refractivity contribution < 1.29 is 14.3 Å². The summed E-state index contributed by atoms with van der Waals surface area (Å²) in [6.45, 7) is 7.57. The first kappa shape index (κ1) is 17.5. The fourth-order valence-electron chi connectivity index (χ4n) is 3.25. The number of amides is 1. The minimum absolute atomic E-state index is 0.00215. The van der Waals surface area contributed by atoms with Crippen LogP contribution in [-0.2, 0) is 4.74 Å². The number of ether oxygens (including phenoxy) is 2. The summed E-state index contributed by atoms with van der Waals surface area (Å²) in [5, 5.41) is 5.83. The van der Waals surface area contributed by atoms with Crippen LogP contribution in [0.1, 0.15) is 32.4 Å². The van der Waals surface area contributed by atoms with Crippen molar-refractivity contribution in [1.82, 2.24) is 10.2 Å². The lowest BCUT2D eigenvalue weighted by molar-refractivity contribution is 0.0194. The van der Waals surface area contributed by atoms with Gasteiger partial charge in [-0.25, -0.2) is 4.79 Å². The van der Waals surface area contributed by atoms with Crippen LogP contribution in [0.25, 0.3) is 10.8 Å². The van der Waals surface area contributed by atoms with Crippen molar-refractivity contribution in [3.63, 3.8) is 0 Å². The van der Waals surface area contributed by atoms with Crippen LogP contribution in [-0.4, -0.2) is 43.3 Å². The quantitative estimate of drug-likeness (QED) is 0.903. The molecule has 1 unspecified atom stereocenters. The van der Waals surface area contributed by atoms with Gasteiger partial charge in [-0.05, 0) is 37.6 Å². The lowest BCUT2D eigenvalue weighted by Crippen LogP contribution is -2.49. The molecule has 0 aliphatic carbocycles. The molecule has 0 bridgehead atoms. The zero-order valence-electron chi connectivity index (χ0n) is 15.3. The Hall–Kier alpha value is -2.27. The summed E-state index contributed by atoms with van der Waals surface area (Å²) in [6.07, 6.45) is -0.266. The maximum Gasteiger partial charge on any atom is 0.410 e. The maximum atomic E-state index is 12.5. The van der Waals surface area contributed by atoms with Crippen molar-refractivity contribution in [2.24, 2.45) is 0 Å². The van der Waals surface area contributed by atoms with Crippen molar-refractivity contribution in [2.75, 3.05) is 26.7 Å². The molecule has 2 aromatic carbocycles. The molecular formula is C20H26N2O3. The van der Waals surface area contributed by atoms with Crippen LogP contribution in [0.5, 0.6) is 5.75 Å². The molecule has 25 heavy (non-hydrogen) atoms. The second-order valence-electron chi connectivity index (χ2n) is 7.34. The fraction of sp³-hybridized carbons (Fsp3) is 0.450. The van der Waals surface area contributed by atoms with E-state index in [-0.39, 0.29) is 12.1 Å². The summed E-state index contributed by atoms with van der Waals surface area (Å²) in [4.78, 5) is 14.2. The van der Waals surface area contributed by atoms with E-state index < -0.39 is 5.60 Å². The van der Waals surface area contributed by atoms with E-state index in [1.807, 2.05) is 39.0 Å². The molecule has 1 N–H and O–H groups in total. The number of hydrogen-bond acceptors (Lipinski definition) is 4. The van der Waals surface area contributed by atoms with Gasteiger partial charge in [-0.1, -0.05) is 30.3 Å². The third-order valence-electron chi connectivity index (χ3n) is 4.33. The fourth-order valence-corrected chi connectivity index (χ4v) is 3.25. The third kappa shape index (κ3) is 3.87. The van der Waals surface area contributed by atoms with E-state index in [0.29, 0.717) is 13.1 Å². The predicted molar refractivity (Wildman–Crippen MR) is 99.1 cm³/mol. The van der Waals surface area contributed by atoms with Crippen molar-refractivity contribution in [1.29, 1.82) is 0 Å². The van der Waals surface area contributed by atoms with E-state index in [9.17, 15) is 4.79 Å². The van der Waals surface area contributed by atoms with Crippen LogP contribution in [0.15, 0.2) is 36.4 Å². The van der Waals surface area contributed by atoms with Crippen LogP contribution in [0.3, 0.4) is 0 Å². The van der Waals surface area contributed by atoms with E-state index in [1.165, 1.54) is 0 Å². The van der Waals surface area contributed by atoms with E-state index in [2.05, 4.69) is 23.5 Å². The Labute approximate surface area is 148 Å². The van der Waals surface area contributed by atoms with Gasteiger partial charge in [-0.15, -0.1) is 0 Å². The highest BCUT2D eigenvalue weighted by atomic mass is 16.6. The summed E-state index contributed by atoms with van der Waals surface area (Å²) in [5.41, 5.74) is 0.600. The maximum absolute atomic E-state index is 12.5. The lowest BCUT2D eigenvalue weighted by atomic mass is 9.96. The molecule has 1 heterocycles. The van der Waals surface area contributed by atoms with Crippen LogP contribution < -0.4 is 10.1 Å². The Kier molecular flexibility index (Phi) is 4.86. The Bertz CT molecular complexity index is 767. The summed E-state index contributed by atoms with van der Waals surface area (Å²) in [5.74, 6) is 0.835. The smallest absolute Gasteiger partial charge is 0.410 e. The molecule has 3 rings (SSSR count). The minimum Gasteiger partial charge on any atom is -0.496 e. The van der Waals surface area contributed by atoms with E-state index in [4.69, 9.17) is 9.47 Å². The van der Waals surface area contributed by atoms with Crippen molar-refractivity contribution in [3.8, 4) is 5.75 Å². The number of hydrogen-bond donors (Lipinski definition) is 1. The van der Waals surface area contributed by atoms with Crippen molar-refractivity contribution in [3.05, 3.63) is 42.0 Å². The summed E-state index contributed by atoms with van der Waals surface area (Å²) >= 11 is 0. The normalized spacial score (nSPS) is 18.2. The average Bonchev–Trinajstić information content (AvgIpc) is 2.59. The lowest BCUT2D eigenvalue weighted by Gasteiger charge is -2.35. The summed E-state index contributed by atoms with van der Waals surface area (Å²) in [6, 6.07) is 12.3. The van der Waals surface area contributed by atoms with Crippen LogP contribution in [0.2, 0.25) is 0 Å². The highest BCUT2D eigenvalue weighted by Gasteiger charge is 2.30. The molecule has 1 atom stereocenters. The van der Waals surface area contributed by atoms with Gasteiger partial charge >= 0.3 is 6.09 Å². The highest BCUT2D eigenvalue weighted by Crippen LogP contribution is 2.34. The minimum atomic E-state index is -0.491. The Morgan fingerprint density at radius 2 is 1.96 bits per heavy atom. The first-order chi connectivity index (χ1) is 11.9. The molecule has 0 saturated carbocycles. The van der Waals surface area contributed by atoms with Gasteiger partial charge in [-0.2, -0.15) is 0 Å². The molecule has 1 fully saturated rings. The molecule has 1 aliphatic heterocycles. The molecule has 2 aromatic rings. The predicted octanol–water partition coefficient (Wildman–Crippen LogP) is 3.73. The molecule has 1 saturated heterocycles. The average molecular weight is 342 g/mol. The number of fused-ring (bicyclic) bond motifs is 1.